The van der Waals surface area contributed by atoms with Gasteiger partial charge in [-0.3, -0.25) is 0 Å². The van der Waals surface area contributed by atoms with Crippen molar-refractivity contribution in [2.75, 3.05) is 0 Å². The first kappa shape index (κ1) is 21.5. The van der Waals surface area contributed by atoms with Crippen molar-refractivity contribution in [3.63, 3.8) is 0 Å². The summed E-state index contributed by atoms with van der Waals surface area (Å²) in [6.45, 7) is 7.11. The van der Waals surface area contributed by atoms with Crippen LogP contribution in [-0.4, -0.2) is 18.4 Å². The van der Waals surface area contributed by atoms with Gasteiger partial charge in [0.05, 0.1) is 0 Å². The molecule has 0 bridgehead atoms. The standard InChI is InChI=1S/C13H11.3C4H9.Sn/c1-3-7-12(8-4-1)11-13-9-5-2-6-10-13;3*1-3-4-2;/h1-11H;3*1,3-4H2,2H3;. The molecule has 0 amide bonds. The van der Waals surface area contributed by atoms with E-state index in [4.69, 9.17) is 0 Å². The minimum atomic E-state index is -2.42. The van der Waals surface area contributed by atoms with Crippen LogP contribution in [0.1, 0.15) is 74.4 Å². The summed E-state index contributed by atoms with van der Waals surface area (Å²) in [6.07, 6.45) is 8.31. The number of unbranched alkanes of at least 4 members (excludes halogenated alkanes) is 3. The SMILES string of the molecule is CCC[CH2][Sn]([CH2]CCC)([CH2]CCC)[CH](c1ccccc1)c1ccccc1. The van der Waals surface area contributed by atoms with Crippen molar-refractivity contribution >= 4 is 18.4 Å². The Hall–Kier alpha value is -0.761. The van der Waals surface area contributed by atoms with Gasteiger partial charge in [-0.05, 0) is 0 Å². The first-order chi connectivity index (χ1) is 12.8. The predicted molar refractivity (Wildman–Crippen MR) is 120 cm³/mol. The number of rotatable bonds is 12. The summed E-state index contributed by atoms with van der Waals surface area (Å²) < 4.78 is 5.38. The molecule has 0 heterocycles. The van der Waals surface area contributed by atoms with Gasteiger partial charge in [0.2, 0.25) is 0 Å². The monoisotopic (exact) mass is 458 g/mol. The Balaban J connectivity index is 2.54. The molecule has 0 unspecified atom stereocenters. The van der Waals surface area contributed by atoms with Crippen LogP contribution in [0.15, 0.2) is 60.7 Å². The molecule has 0 N–H and O–H groups in total. The average molecular weight is 457 g/mol. The van der Waals surface area contributed by atoms with Crippen LogP contribution in [0, 0.1) is 0 Å². The third-order valence-electron chi connectivity index (χ3n) is 5.96. The Kier molecular flexibility index (Phi) is 9.81. The first-order valence-corrected chi connectivity index (χ1v) is 18.6. The summed E-state index contributed by atoms with van der Waals surface area (Å²) in [6, 6.07) is 23.0. The van der Waals surface area contributed by atoms with Gasteiger partial charge in [-0.25, -0.2) is 0 Å². The van der Waals surface area contributed by atoms with Crippen molar-refractivity contribution in [2.45, 2.75) is 76.5 Å². The van der Waals surface area contributed by atoms with Crippen LogP contribution in [0.4, 0.5) is 0 Å². The molecule has 0 saturated carbocycles. The second-order valence-electron chi connectivity index (χ2n) is 7.93. The molecule has 2 aromatic rings. The molecule has 0 nitrogen and oxygen atoms in total. The molecular formula is C25H38Sn. The van der Waals surface area contributed by atoms with E-state index >= 15 is 0 Å². The Morgan fingerprint density at radius 1 is 0.577 bits per heavy atom. The molecule has 0 aliphatic heterocycles. The van der Waals surface area contributed by atoms with E-state index in [1.54, 1.807) is 24.4 Å². The van der Waals surface area contributed by atoms with E-state index in [-0.39, 0.29) is 0 Å². The molecule has 142 valence electrons. The zero-order chi connectivity index (χ0) is 18.7. The quantitative estimate of drug-likeness (QED) is 0.282. The molecule has 1 heteroatoms. The van der Waals surface area contributed by atoms with Gasteiger partial charge in [0.1, 0.15) is 0 Å². The number of benzene rings is 2. The molecular weight excluding hydrogens is 419 g/mol. The van der Waals surface area contributed by atoms with E-state index in [0.717, 1.165) is 3.93 Å². The van der Waals surface area contributed by atoms with Crippen molar-refractivity contribution in [3.8, 4) is 0 Å². The van der Waals surface area contributed by atoms with E-state index in [0.29, 0.717) is 0 Å². The van der Waals surface area contributed by atoms with Gasteiger partial charge >= 0.3 is 167 Å². The molecule has 0 aromatic heterocycles. The molecule has 2 aromatic carbocycles. The molecule has 0 atom stereocenters. The molecule has 2 rings (SSSR count). The summed E-state index contributed by atoms with van der Waals surface area (Å²) in [5.74, 6) is 0. The van der Waals surface area contributed by atoms with E-state index in [1.807, 2.05) is 0 Å². The Bertz CT molecular complexity index is 529. The molecule has 0 aliphatic rings. The average Bonchev–Trinajstić information content (AvgIpc) is 2.70. The van der Waals surface area contributed by atoms with Crippen LogP contribution < -0.4 is 0 Å². The summed E-state index contributed by atoms with van der Waals surface area (Å²) in [4.78, 5) is 0. The minimum absolute atomic E-state index is 0.719. The van der Waals surface area contributed by atoms with Gasteiger partial charge in [0.25, 0.3) is 0 Å². The summed E-state index contributed by atoms with van der Waals surface area (Å²) in [5, 5.41) is 0. The Labute approximate surface area is 166 Å². The van der Waals surface area contributed by atoms with Crippen LogP contribution in [0.5, 0.6) is 0 Å². The van der Waals surface area contributed by atoms with Crippen molar-refractivity contribution in [2.24, 2.45) is 0 Å². The zero-order valence-corrected chi connectivity index (χ0v) is 20.1. The summed E-state index contributed by atoms with van der Waals surface area (Å²) in [5.41, 5.74) is 3.19. The normalized spacial score (nSPS) is 11.8. The Morgan fingerprint density at radius 3 is 1.23 bits per heavy atom. The molecule has 0 fully saturated rings. The molecule has 26 heavy (non-hydrogen) atoms. The van der Waals surface area contributed by atoms with Gasteiger partial charge in [-0.15, -0.1) is 0 Å². The van der Waals surface area contributed by atoms with Crippen molar-refractivity contribution in [1.29, 1.82) is 0 Å². The predicted octanol–water partition coefficient (Wildman–Crippen LogP) is 8.21. The fraction of sp³-hybridized carbons (Fsp3) is 0.520. The van der Waals surface area contributed by atoms with Crippen LogP contribution >= 0.6 is 0 Å². The summed E-state index contributed by atoms with van der Waals surface area (Å²) >= 11 is -2.42. The second kappa shape index (κ2) is 11.8. The van der Waals surface area contributed by atoms with E-state index in [9.17, 15) is 0 Å². The first-order valence-electron chi connectivity index (χ1n) is 10.9. The third-order valence-corrected chi connectivity index (χ3v) is 22.9. The van der Waals surface area contributed by atoms with Crippen molar-refractivity contribution in [3.05, 3.63) is 71.8 Å². The number of hydrogen-bond acceptors (Lipinski definition) is 0. The van der Waals surface area contributed by atoms with E-state index in [2.05, 4.69) is 81.4 Å². The molecule has 0 aliphatic carbocycles. The molecule has 0 spiro atoms. The van der Waals surface area contributed by atoms with Crippen LogP contribution in [0.3, 0.4) is 0 Å². The van der Waals surface area contributed by atoms with Gasteiger partial charge in [0, 0.05) is 0 Å². The Morgan fingerprint density at radius 2 is 0.923 bits per heavy atom. The third kappa shape index (κ3) is 5.87. The van der Waals surface area contributed by atoms with Gasteiger partial charge in [0.15, 0.2) is 0 Å². The van der Waals surface area contributed by atoms with Crippen LogP contribution in [-0.2, 0) is 0 Å². The molecule has 0 radical (unpaired) electrons. The fourth-order valence-corrected chi connectivity index (χ4v) is 23.4. The van der Waals surface area contributed by atoms with E-state index in [1.165, 1.54) is 38.5 Å². The zero-order valence-electron chi connectivity index (χ0n) is 17.2. The maximum atomic E-state index is 2.41. The van der Waals surface area contributed by atoms with Crippen molar-refractivity contribution < 1.29 is 0 Å². The molecule has 0 saturated heterocycles. The fourth-order valence-electron chi connectivity index (χ4n) is 4.59. The summed E-state index contributed by atoms with van der Waals surface area (Å²) in [7, 11) is 0. The van der Waals surface area contributed by atoms with Gasteiger partial charge < -0.3 is 0 Å². The van der Waals surface area contributed by atoms with Crippen LogP contribution in [0.25, 0.3) is 0 Å². The van der Waals surface area contributed by atoms with Crippen molar-refractivity contribution in [1.82, 2.24) is 0 Å². The topological polar surface area (TPSA) is 0 Å². The maximum absolute atomic E-state index is 2.42. The van der Waals surface area contributed by atoms with Gasteiger partial charge in [-0.2, -0.15) is 0 Å². The number of hydrogen-bond donors (Lipinski definition) is 0. The van der Waals surface area contributed by atoms with Gasteiger partial charge in [-0.1, -0.05) is 0 Å². The van der Waals surface area contributed by atoms with E-state index < -0.39 is 18.4 Å². The second-order valence-corrected chi connectivity index (χ2v) is 21.6. The van der Waals surface area contributed by atoms with Crippen LogP contribution in [0.2, 0.25) is 13.3 Å².